The van der Waals surface area contributed by atoms with E-state index in [1.807, 2.05) is 13.0 Å². The third kappa shape index (κ3) is 3.98. The van der Waals surface area contributed by atoms with E-state index >= 15 is 0 Å². The van der Waals surface area contributed by atoms with E-state index in [1.54, 1.807) is 6.07 Å². The fraction of sp³-hybridized carbons (Fsp3) is 0.636. The van der Waals surface area contributed by atoms with E-state index in [0.29, 0.717) is 5.76 Å². The average molecular weight is 296 g/mol. The predicted octanol–water partition coefficient (Wildman–Crippen LogP) is 2.03. The van der Waals surface area contributed by atoms with Crippen LogP contribution in [0.1, 0.15) is 31.4 Å². The molecule has 2 atom stereocenters. The number of nitrogens with one attached hydrogen (secondary N) is 1. The van der Waals surface area contributed by atoms with Crippen LogP contribution in [0.15, 0.2) is 16.5 Å². The Bertz CT molecular complexity index is 469. The van der Waals surface area contributed by atoms with E-state index in [9.17, 15) is 8.42 Å². The molecular weight excluding hydrogens is 278 g/mol. The molecule has 18 heavy (non-hydrogen) atoms. The number of furan rings is 1. The van der Waals surface area contributed by atoms with Crippen molar-refractivity contribution in [1.82, 2.24) is 4.72 Å². The number of halogens is 1. The minimum absolute atomic E-state index is 0.180. The summed E-state index contributed by atoms with van der Waals surface area (Å²) in [6.45, 7) is 3.53. The molecule has 2 unspecified atom stereocenters. The van der Waals surface area contributed by atoms with Crippen LogP contribution in [0.2, 0.25) is 0 Å². The van der Waals surface area contributed by atoms with Crippen LogP contribution < -0.4 is 4.72 Å². The summed E-state index contributed by atoms with van der Waals surface area (Å²) in [7, 11) is -2.09. The zero-order chi connectivity index (χ0) is 13.8. The van der Waals surface area contributed by atoms with E-state index in [0.717, 1.165) is 12.2 Å². The fourth-order valence-electron chi connectivity index (χ4n) is 1.40. The first-order valence-corrected chi connectivity index (χ1v) is 7.61. The molecule has 1 rings (SSSR count). The van der Waals surface area contributed by atoms with Gasteiger partial charge in [0.1, 0.15) is 22.3 Å². The van der Waals surface area contributed by atoms with Crippen LogP contribution in [0.4, 0.5) is 0 Å². The zero-order valence-electron chi connectivity index (χ0n) is 10.6. The van der Waals surface area contributed by atoms with Crippen LogP contribution in [0.3, 0.4) is 0 Å². The summed E-state index contributed by atoms with van der Waals surface area (Å²) < 4.78 is 35.4. The Balaban J connectivity index is 2.89. The second-order valence-electron chi connectivity index (χ2n) is 3.87. The number of hydrogen-bond donors (Lipinski definition) is 1. The highest BCUT2D eigenvalue weighted by molar-refractivity contribution is 7.91. The van der Waals surface area contributed by atoms with Gasteiger partial charge in [-0.1, -0.05) is 6.92 Å². The maximum Gasteiger partial charge on any atom is 0.229 e. The fourth-order valence-corrected chi connectivity index (χ4v) is 2.33. The SMILES string of the molecule is CCc1ccc(C(COC)NS(=O)(=O)C(C)Cl)o1. The lowest BCUT2D eigenvalue weighted by Gasteiger charge is -2.17. The van der Waals surface area contributed by atoms with Gasteiger partial charge in [0.15, 0.2) is 0 Å². The molecular formula is C11H18ClNO4S. The van der Waals surface area contributed by atoms with Gasteiger partial charge in [0.2, 0.25) is 10.0 Å². The summed E-state index contributed by atoms with van der Waals surface area (Å²) in [6.07, 6.45) is 0.748. The highest BCUT2D eigenvalue weighted by Crippen LogP contribution is 2.19. The first kappa shape index (κ1) is 15.5. The smallest absolute Gasteiger partial charge is 0.229 e. The number of rotatable bonds is 7. The summed E-state index contributed by atoms with van der Waals surface area (Å²) in [5.41, 5.74) is 0. The van der Waals surface area contributed by atoms with Crippen LogP contribution in [-0.4, -0.2) is 26.8 Å². The van der Waals surface area contributed by atoms with Crippen molar-refractivity contribution in [3.8, 4) is 0 Å². The monoisotopic (exact) mass is 295 g/mol. The minimum Gasteiger partial charge on any atom is -0.464 e. The average Bonchev–Trinajstić information content (AvgIpc) is 2.76. The molecule has 0 amide bonds. The molecule has 5 nitrogen and oxygen atoms in total. The van der Waals surface area contributed by atoms with Gasteiger partial charge >= 0.3 is 0 Å². The molecule has 0 saturated heterocycles. The summed E-state index contributed by atoms with van der Waals surface area (Å²) >= 11 is 5.61. The maximum atomic E-state index is 11.7. The van der Waals surface area contributed by atoms with Gasteiger partial charge < -0.3 is 9.15 Å². The van der Waals surface area contributed by atoms with Gasteiger partial charge in [-0.05, 0) is 19.1 Å². The normalized spacial score (nSPS) is 15.6. The van der Waals surface area contributed by atoms with Crippen LogP contribution >= 0.6 is 11.6 Å². The van der Waals surface area contributed by atoms with Crippen molar-refractivity contribution in [2.24, 2.45) is 0 Å². The Morgan fingerprint density at radius 1 is 1.50 bits per heavy atom. The number of sulfonamides is 1. The first-order chi connectivity index (χ1) is 8.40. The number of ether oxygens (including phenoxy) is 1. The Morgan fingerprint density at radius 2 is 2.17 bits per heavy atom. The van der Waals surface area contributed by atoms with E-state index in [4.69, 9.17) is 20.8 Å². The van der Waals surface area contributed by atoms with Crippen molar-refractivity contribution >= 4 is 21.6 Å². The molecule has 0 bridgehead atoms. The van der Waals surface area contributed by atoms with E-state index in [-0.39, 0.29) is 6.61 Å². The van der Waals surface area contributed by atoms with Gasteiger partial charge in [-0.15, -0.1) is 11.6 Å². The second kappa shape index (κ2) is 6.56. The number of alkyl halides is 1. The van der Waals surface area contributed by atoms with Crippen LogP contribution in [0.25, 0.3) is 0 Å². The molecule has 7 heteroatoms. The predicted molar refractivity (Wildman–Crippen MR) is 70.1 cm³/mol. The Hall–Kier alpha value is -0.560. The lowest BCUT2D eigenvalue weighted by atomic mass is 10.2. The van der Waals surface area contributed by atoms with Gasteiger partial charge in [0.05, 0.1) is 6.61 Å². The van der Waals surface area contributed by atoms with Crippen molar-refractivity contribution in [3.05, 3.63) is 23.7 Å². The van der Waals surface area contributed by atoms with Crippen molar-refractivity contribution in [3.63, 3.8) is 0 Å². The maximum absolute atomic E-state index is 11.7. The molecule has 1 heterocycles. The number of methoxy groups -OCH3 is 1. The van der Waals surface area contributed by atoms with E-state index in [2.05, 4.69) is 4.72 Å². The van der Waals surface area contributed by atoms with Crippen molar-refractivity contribution in [2.75, 3.05) is 13.7 Å². The molecule has 1 N–H and O–H groups in total. The molecule has 0 radical (unpaired) electrons. The zero-order valence-corrected chi connectivity index (χ0v) is 12.2. The Morgan fingerprint density at radius 3 is 2.61 bits per heavy atom. The quantitative estimate of drug-likeness (QED) is 0.782. The lowest BCUT2D eigenvalue weighted by Crippen LogP contribution is -2.35. The third-order valence-electron chi connectivity index (χ3n) is 2.44. The van der Waals surface area contributed by atoms with Gasteiger partial charge in [0.25, 0.3) is 0 Å². The summed E-state index contributed by atoms with van der Waals surface area (Å²) in [4.78, 5) is 0. The topological polar surface area (TPSA) is 68.5 Å². The summed E-state index contributed by atoms with van der Waals surface area (Å²) in [5, 5.41) is 0. The molecule has 1 aromatic rings. The van der Waals surface area contributed by atoms with Gasteiger partial charge in [-0.25, -0.2) is 13.1 Å². The van der Waals surface area contributed by atoms with Gasteiger partial charge in [-0.3, -0.25) is 0 Å². The number of hydrogen-bond acceptors (Lipinski definition) is 4. The van der Waals surface area contributed by atoms with Crippen molar-refractivity contribution < 1.29 is 17.6 Å². The van der Waals surface area contributed by atoms with Crippen molar-refractivity contribution in [1.29, 1.82) is 0 Å². The molecule has 104 valence electrons. The van der Waals surface area contributed by atoms with Crippen LogP contribution in [0, 0.1) is 0 Å². The lowest BCUT2D eigenvalue weighted by molar-refractivity contribution is 0.165. The van der Waals surface area contributed by atoms with Crippen molar-refractivity contribution in [2.45, 2.75) is 31.0 Å². The standard InChI is InChI=1S/C11H18ClNO4S/c1-4-9-5-6-11(17-9)10(7-16-3)13-18(14,15)8(2)12/h5-6,8,10,13H,4,7H2,1-3H3. The van der Waals surface area contributed by atoms with Gasteiger partial charge in [0, 0.05) is 13.5 Å². The van der Waals surface area contributed by atoms with Crippen LogP contribution in [0.5, 0.6) is 0 Å². The molecule has 0 saturated carbocycles. The Labute approximate surface area is 113 Å². The minimum atomic E-state index is -3.59. The second-order valence-corrected chi connectivity index (χ2v) is 6.82. The van der Waals surface area contributed by atoms with Crippen LogP contribution in [-0.2, 0) is 21.2 Å². The highest BCUT2D eigenvalue weighted by atomic mass is 35.5. The molecule has 0 aliphatic carbocycles. The molecule has 0 spiro atoms. The third-order valence-corrected chi connectivity index (χ3v) is 4.61. The summed E-state index contributed by atoms with van der Waals surface area (Å²) in [6, 6.07) is 2.99. The van der Waals surface area contributed by atoms with Gasteiger partial charge in [-0.2, -0.15) is 0 Å². The van der Waals surface area contributed by atoms with E-state index in [1.165, 1.54) is 14.0 Å². The number of aryl methyl sites for hydroxylation is 1. The van der Waals surface area contributed by atoms with E-state index < -0.39 is 20.8 Å². The Kier molecular flexibility index (Phi) is 5.65. The summed E-state index contributed by atoms with van der Waals surface area (Å²) in [5.74, 6) is 1.32. The molecule has 1 aromatic heterocycles. The molecule has 0 aromatic carbocycles. The molecule has 0 fully saturated rings. The largest absolute Gasteiger partial charge is 0.464 e. The molecule has 0 aliphatic rings. The molecule has 0 aliphatic heterocycles. The highest BCUT2D eigenvalue weighted by Gasteiger charge is 2.25. The first-order valence-electron chi connectivity index (χ1n) is 5.63.